The molecule has 2 heterocycles. The maximum absolute atomic E-state index is 5.17. The summed E-state index contributed by atoms with van der Waals surface area (Å²) in [5.74, 6) is 1.54. The zero-order chi connectivity index (χ0) is 10.7. The summed E-state index contributed by atoms with van der Waals surface area (Å²) in [4.78, 5) is 6.65. The fourth-order valence-electron chi connectivity index (χ4n) is 1.85. The van der Waals surface area contributed by atoms with Gasteiger partial charge in [-0.1, -0.05) is 12.1 Å². The number of nitrogens with one attached hydrogen (secondary N) is 1. The van der Waals surface area contributed by atoms with Crippen LogP contribution < -0.4 is 5.32 Å². The van der Waals surface area contributed by atoms with Crippen LogP contribution in [-0.4, -0.2) is 40.7 Å². The Hall–Kier alpha value is -0.940. The van der Waals surface area contributed by atoms with E-state index in [1.54, 1.807) is 0 Å². The normalized spacial score (nSPS) is 23.2. The smallest absolute Gasteiger partial charge is 0.240 e. The number of piperazine rings is 1. The lowest BCUT2D eigenvalue weighted by atomic mass is 10.2. The molecule has 0 bridgehead atoms. The molecule has 1 aromatic heterocycles. The van der Waals surface area contributed by atoms with Crippen molar-refractivity contribution >= 4 is 0 Å². The molecule has 0 aliphatic carbocycles. The summed E-state index contributed by atoms with van der Waals surface area (Å²) in [6.07, 6.45) is 0.835. The lowest BCUT2D eigenvalue weighted by molar-refractivity contribution is 0.177. The highest BCUT2D eigenvalue weighted by atomic mass is 16.5. The lowest BCUT2D eigenvalue weighted by Gasteiger charge is -2.30. The van der Waals surface area contributed by atoms with Crippen LogP contribution in [0.15, 0.2) is 4.52 Å². The minimum absolute atomic E-state index is 0.548. The van der Waals surface area contributed by atoms with Gasteiger partial charge in [0.2, 0.25) is 5.89 Å². The van der Waals surface area contributed by atoms with Crippen molar-refractivity contribution in [2.75, 3.05) is 19.6 Å². The Balaban J connectivity index is 1.90. The topological polar surface area (TPSA) is 54.2 Å². The Morgan fingerprint density at radius 1 is 1.60 bits per heavy atom. The quantitative estimate of drug-likeness (QED) is 0.784. The summed E-state index contributed by atoms with van der Waals surface area (Å²) in [6, 6.07) is 0.548. The van der Waals surface area contributed by atoms with Crippen LogP contribution in [0, 0.1) is 0 Å². The van der Waals surface area contributed by atoms with Crippen molar-refractivity contribution in [2.24, 2.45) is 0 Å². The molecule has 1 atom stereocenters. The SMILES string of the molecule is CCc1noc(CN2CCN[C@H](C)C2)n1. The van der Waals surface area contributed by atoms with Gasteiger partial charge in [-0.15, -0.1) is 0 Å². The minimum atomic E-state index is 0.548. The van der Waals surface area contributed by atoms with Crippen LogP contribution in [0.5, 0.6) is 0 Å². The van der Waals surface area contributed by atoms with Gasteiger partial charge in [0.15, 0.2) is 5.82 Å². The molecule has 5 heteroatoms. The van der Waals surface area contributed by atoms with Crippen molar-refractivity contribution in [3.8, 4) is 0 Å². The number of aryl methyl sites for hydroxylation is 1. The van der Waals surface area contributed by atoms with Gasteiger partial charge in [0.05, 0.1) is 6.54 Å². The fraction of sp³-hybridized carbons (Fsp3) is 0.800. The Labute approximate surface area is 89.8 Å². The van der Waals surface area contributed by atoms with Crippen LogP contribution in [0.1, 0.15) is 25.6 Å². The zero-order valence-corrected chi connectivity index (χ0v) is 9.36. The van der Waals surface area contributed by atoms with Crippen molar-refractivity contribution in [1.29, 1.82) is 0 Å². The standard InChI is InChI=1S/C10H18N4O/c1-3-9-12-10(15-13-9)7-14-5-4-11-8(2)6-14/h8,11H,3-7H2,1-2H3/t8-/m1/s1. The molecular weight excluding hydrogens is 192 g/mol. The third kappa shape index (κ3) is 2.76. The van der Waals surface area contributed by atoms with Crippen LogP contribution in [0.25, 0.3) is 0 Å². The second kappa shape index (κ2) is 4.72. The minimum Gasteiger partial charge on any atom is -0.338 e. The van der Waals surface area contributed by atoms with E-state index in [-0.39, 0.29) is 0 Å². The van der Waals surface area contributed by atoms with Crippen molar-refractivity contribution in [3.63, 3.8) is 0 Å². The monoisotopic (exact) mass is 210 g/mol. The van der Waals surface area contributed by atoms with Gasteiger partial charge in [0, 0.05) is 32.1 Å². The summed E-state index contributed by atoms with van der Waals surface area (Å²) in [5.41, 5.74) is 0. The van der Waals surface area contributed by atoms with E-state index in [9.17, 15) is 0 Å². The number of hydrogen-bond donors (Lipinski definition) is 1. The van der Waals surface area contributed by atoms with E-state index in [2.05, 4.69) is 27.3 Å². The van der Waals surface area contributed by atoms with E-state index in [1.165, 1.54) is 0 Å². The highest BCUT2D eigenvalue weighted by molar-refractivity contribution is 4.87. The molecule has 0 radical (unpaired) electrons. The van der Waals surface area contributed by atoms with Gasteiger partial charge in [-0.05, 0) is 6.92 Å². The molecule has 1 aromatic rings. The Kier molecular flexibility index (Phi) is 3.33. The van der Waals surface area contributed by atoms with Crippen LogP contribution in [0.3, 0.4) is 0 Å². The Bertz CT molecular complexity index is 312. The van der Waals surface area contributed by atoms with Crippen LogP contribution in [-0.2, 0) is 13.0 Å². The summed E-state index contributed by atoms with van der Waals surface area (Å²) in [7, 11) is 0. The summed E-state index contributed by atoms with van der Waals surface area (Å²) in [5, 5.41) is 7.30. The predicted octanol–water partition coefficient (Wildman–Crippen LogP) is 0.426. The maximum atomic E-state index is 5.17. The molecule has 5 nitrogen and oxygen atoms in total. The van der Waals surface area contributed by atoms with Crippen molar-refractivity contribution in [2.45, 2.75) is 32.9 Å². The molecule has 2 rings (SSSR count). The first kappa shape index (κ1) is 10.6. The first-order valence-electron chi connectivity index (χ1n) is 5.55. The number of hydrogen-bond acceptors (Lipinski definition) is 5. The highest BCUT2D eigenvalue weighted by Gasteiger charge is 2.17. The third-order valence-electron chi connectivity index (χ3n) is 2.64. The van der Waals surface area contributed by atoms with Crippen LogP contribution in [0.2, 0.25) is 0 Å². The molecule has 0 unspecified atom stereocenters. The van der Waals surface area contributed by atoms with Crippen molar-refractivity contribution < 1.29 is 4.52 Å². The first-order valence-corrected chi connectivity index (χ1v) is 5.55. The highest BCUT2D eigenvalue weighted by Crippen LogP contribution is 2.06. The second-order valence-electron chi connectivity index (χ2n) is 4.05. The van der Waals surface area contributed by atoms with E-state index >= 15 is 0 Å². The van der Waals surface area contributed by atoms with Gasteiger partial charge in [0.1, 0.15) is 0 Å². The largest absolute Gasteiger partial charge is 0.338 e. The Morgan fingerprint density at radius 2 is 2.47 bits per heavy atom. The average molecular weight is 210 g/mol. The molecule has 0 spiro atoms. The van der Waals surface area contributed by atoms with E-state index in [1.807, 2.05) is 6.92 Å². The second-order valence-corrected chi connectivity index (χ2v) is 4.05. The Morgan fingerprint density at radius 3 is 3.13 bits per heavy atom. The molecule has 0 saturated carbocycles. The maximum Gasteiger partial charge on any atom is 0.240 e. The first-order chi connectivity index (χ1) is 7.28. The molecule has 1 aliphatic heterocycles. The van der Waals surface area contributed by atoms with Gasteiger partial charge >= 0.3 is 0 Å². The average Bonchev–Trinajstić information content (AvgIpc) is 2.65. The molecule has 84 valence electrons. The van der Waals surface area contributed by atoms with E-state index in [4.69, 9.17) is 4.52 Å². The van der Waals surface area contributed by atoms with E-state index < -0.39 is 0 Å². The van der Waals surface area contributed by atoms with Gasteiger partial charge in [-0.25, -0.2) is 0 Å². The molecule has 0 amide bonds. The summed E-state index contributed by atoms with van der Waals surface area (Å²) < 4.78 is 5.17. The van der Waals surface area contributed by atoms with Crippen molar-refractivity contribution in [1.82, 2.24) is 20.4 Å². The third-order valence-corrected chi connectivity index (χ3v) is 2.64. The van der Waals surface area contributed by atoms with Gasteiger partial charge in [-0.2, -0.15) is 4.98 Å². The number of aromatic nitrogens is 2. The fourth-order valence-corrected chi connectivity index (χ4v) is 1.85. The number of nitrogens with zero attached hydrogens (tertiary/aromatic N) is 3. The van der Waals surface area contributed by atoms with Crippen LogP contribution in [0.4, 0.5) is 0 Å². The molecule has 0 aromatic carbocycles. The van der Waals surface area contributed by atoms with Gasteiger partial charge in [0.25, 0.3) is 0 Å². The van der Waals surface area contributed by atoms with Crippen LogP contribution >= 0.6 is 0 Å². The summed E-state index contributed by atoms with van der Waals surface area (Å²) >= 11 is 0. The molecule has 1 saturated heterocycles. The summed E-state index contributed by atoms with van der Waals surface area (Å²) in [6.45, 7) is 8.13. The van der Waals surface area contributed by atoms with Crippen molar-refractivity contribution in [3.05, 3.63) is 11.7 Å². The molecular formula is C10H18N4O. The van der Waals surface area contributed by atoms with Gasteiger partial charge in [-0.3, -0.25) is 4.90 Å². The van der Waals surface area contributed by atoms with E-state index in [0.717, 1.165) is 44.3 Å². The molecule has 1 N–H and O–H groups in total. The van der Waals surface area contributed by atoms with Gasteiger partial charge < -0.3 is 9.84 Å². The molecule has 1 fully saturated rings. The predicted molar refractivity (Wildman–Crippen MR) is 56.4 cm³/mol. The molecule has 1 aliphatic rings. The number of rotatable bonds is 3. The zero-order valence-electron chi connectivity index (χ0n) is 9.36. The molecule has 15 heavy (non-hydrogen) atoms. The van der Waals surface area contributed by atoms with E-state index in [0.29, 0.717) is 6.04 Å². The lowest BCUT2D eigenvalue weighted by Crippen LogP contribution is -2.48.